The quantitative estimate of drug-likeness (QED) is 0.657. The van der Waals surface area contributed by atoms with Gasteiger partial charge in [0, 0.05) is 11.3 Å². The lowest BCUT2D eigenvalue weighted by atomic mass is 10.1. The SMILES string of the molecule is CSCCC(NC(=O)c1ccccc1C)C(=O)Nc1ccc(OC(F)(F)F)cc1. The van der Waals surface area contributed by atoms with Gasteiger partial charge in [-0.1, -0.05) is 18.2 Å². The predicted octanol–water partition coefficient (Wildman–Crippen LogP) is 4.38. The number of ether oxygens (including phenoxy) is 1. The largest absolute Gasteiger partial charge is 0.573 e. The molecule has 2 N–H and O–H groups in total. The monoisotopic (exact) mass is 426 g/mol. The molecular formula is C20H21F3N2O3S. The van der Waals surface area contributed by atoms with Crippen LogP contribution in [0.1, 0.15) is 22.3 Å². The summed E-state index contributed by atoms with van der Waals surface area (Å²) >= 11 is 1.53. The molecule has 2 aromatic rings. The zero-order valence-corrected chi connectivity index (χ0v) is 16.7. The molecule has 0 heterocycles. The second kappa shape index (κ2) is 10.2. The molecule has 0 saturated carbocycles. The lowest BCUT2D eigenvalue weighted by Gasteiger charge is -2.19. The van der Waals surface area contributed by atoms with Crippen molar-refractivity contribution in [2.75, 3.05) is 17.3 Å². The third kappa shape index (κ3) is 7.34. The van der Waals surface area contributed by atoms with E-state index in [2.05, 4.69) is 15.4 Å². The van der Waals surface area contributed by atoms with Gasteiger partial charge in [0.25, 0.3) is 5.91 Å². The fourth-order valence-electron chi connectivity index (χ4n) is 2.54. The van der Waals surface area contributed by atoms with Gasteiger partial charge in [0.15, 0.2) is 0 Å². The van der Waals surface area contributed by atoms with Crippen molar-refractivity contribution in [2.45, 2.75) is 25.7 Å². The van der Waals surface area contributed by atoms with E-state index < -0.39 is 18.3 Å². The van der Waals surface area contributed by atoms with Crippen LogP contribution in [-0.2, 0) is 4.79 Å². The van der Waals surface area contributed by atoms with Crippen molar-refractivity contribution in [2.24, 2.45) is 0 Å². The van der Waals surface area contributed by atoms with Crippen molar-refractivity contribution in [1.82, 2.24) is 5.32 Å². The van der Waals surface area contributed by atoms with Crippen molar-refractivity contribution in [3.05, 3.63) is 59.7 Å². The molecule has 0 bridgehead atoms. The Kier molecular flexibility index (Phi) is 7.95. The van der Waals surface area contributed by atoms with Crippen molar-refractivity contribution in [3.8, 4) is 5.75 Å². The summed E-state index contributed by atoms with van der Waals surface area (Å²) in [5.41, 5.74) is 1.56. The van der Waals surface area contributed by atoms with Gasteiger partial charge < -0.3 is 15.4 Å². The highest BCUT2D eigenvalue weighted by molar-refractivity contribution is 7.98. The number of thioether (sulfide) groups is 1. The number of aryl methyl sites for hydroxylation is 1. The minimum absolute atomic E-state index is 0.295. The molecule has 2 aromatic carbocycles. The number of carbonyl (C=O) groups is 2. The first-order valence-electron chi connectivity index (χ1n) is 8.71. The zero-order valence-electron chi connectivity index (χ0n) is 15.9. The van der Waals surface area contributed by atoms with Gasteiger partial charge in [0.2, 0.25) is 5.91 Å². The van der Waals surface area contributed by atoms with Crippen LogP contribution >= 0.6 is 11.8 Å². The topological polar surface area (TPSA) is 67.4 Å². The standard InChI is InChI=1S/C20H21F3N2O3S/c1-13-5-3-4-6-16(13)18(26)25-17(11-12-29-2)19(27)24-14-7-9-15(10-8-14)28-20(21,22)23/h3-10,17H,11-12H2,1-2H3,(H,24,27)(H,25,26). The highest BCUT2D eigenvalue weighted by Crippen LogP contribution is 2.24. The van der Waals surface area contributed by atoms with Crippen molar-refractivity contribution in [1.29, 1.82) is 0 Å². The summed E-state index contributed by atoms with van der Waals surface area (Å²) in [5.74, 6) is -0.559. The van der Waals surface area contributed by atoms with Crippen molar-refractivity contribution in [3.63, 3.8) is 0 Å². The molecule has 9 heteroatoms. The first-order valence-corrected chi connectivity index (χ1v) is 10.1. The summed E-state index contributed by atoms with van der Waals surface area (Å²) < 4.78 is 40.5. The Morgan fingerprint density at radius 1 is 1.10 bits per heavy atom. The fourth-order valence-corrected chi connectivity index (χ4v) is 3.01. The van der Waals surface area contributed by atoms with E-state index in [1.165, 1.54) is 23.9 Å². The lowest BCUT2D eigenvalue weighted by Crippen LogP contribution is -2.44. The summed E-state index contributed by atoms with van der Waals surface area (Å²) in [6, 6.07) is 11.0. The minimum atomic E-state index is -4.78. The van der Waals surface area contributed by atoms with E-state index in [1.807, 2.05) is 12.3 Å². The minimum Gasteiger partial charge on any atom is -0.406 e. The van der Waals surface area contributed by atoms with Crippen LogP contribution in [0.15, 0.2) is 48.5 Å². The Labute approximate surface area is 171 Å². The zero-order chi connectivity index (χ0) is 21.4. The highest BCUT2D eigenvalue weighted by atomic mass is 32.2. The van der Waals surface area contributed by atoms with E-state index >= 15 is 0 Å². The molecule has 0 fully saturated rings. The molecule has 0 radical (unpaired) electrons. The molecule has 0 aliphatic rings. The number of hydrogen-bond acceptors (Lipinski definition) is 4. The van der Waals surface area contributed by atoms with E-state index in [-0.39, 0.29) is 11.7 Å². The van der Waals surface area contributed by atoms with Crippen molar-refractivity contribution >= 4 is 29.3 Å². The molecule has 29 heavy (non-hydrogen) atoms. The number of rotatable bonds is 8. The molecule has 0 spiro atoms. The van der Waals surface area contributed by atoms with Crippen molar-refractivity contribution < 1.29 is 27.5 Å². The Morgan fingerprint density at radius 2 is 1.76 bits per heavy atom. The maximum Gasteiger partial charge on any atom is 0.573 e. The molecule has 156 valence electrons. The summed E-state index contributed by atoms with van der Waals surface area (Å²) in [6.07, 6.45) is -2.50. The van der Waals surface area contributed by atoms with Crippen LogP contribution < -0.4 is 15.4 Å². The average Bonchev–Trinajstić information content (AvgIpc) is 2.65. The molecule has 2 rings (SSSR count). The smallest absolute Gasteiger partial charge is 0.406 e. The van der Waals surface area contributed by atoms with Gasteiger partial charge in [-0.25, -0.2) is 0 Å². The Morgan fingerprint density at radius 3 is 2.34 bits per heavy atom. The van der Waals surface area contributed by atoms with Crippen LogP contribution in [0.3, 0.4) is 0 Å². The van der Waals surface area contributed by atoms with E-state index in [4.69, 9.17) is 0 Å². The number of hydrogen-bond donors (Lipinski definition) is 2. The van der Waals surface area contributed by atoms with Crippen LogP contribution in [0.2, 0.25) is 0 Å². The first kappa shape index (κ1) is 22.6. The lowest BCUT2D eigenvalue weighted by molar-refractivity contribution is -0.274. The number of anilines is 1. The van der Waals surface area contributed by atoms with Crippen LogP contribution in [0.25, 0.3) is 0 Å². The van der Waals surface area contributed by atoms with Crippen LogP contribution in [0, 0.1) is 6.92 Å². The van der Waals surface area contributed by atoms with Gasteiger partial charge >= 0.3 is 6.36 Å². The van der Waals surface area contributed by atoms with Crippen LogP contribution in [-0.4, -0.2) is 36.2 Å². The predicted molar refractivity (Wildman–Crippen MR) is 107 cm³/mol. The van der Waals surface area contributed by atoms with Crippen LogP contribution in [0.4, 0.5) is 18.9 Å². The maximum absolute atomic E-state index is 12.6. The van der Waals surface area contributed by atoms with Gasteiger partial charge in [-0.3, -0.25) is 9.59 Å². The summed E-state index contributed by atoms with van der Waals surface area (Å²) in [5, 5.41) is 5.35. The number of alkyl halides is 3. The highest BCUT2D eigenvalue weighted by Gasteiger charge is 2.31. The Balaban J connectivity index is 2.06. The number of benzene rings is 2. The molecule has 0 aromatic heterocycles. The summed E-state index contributed by atoms with van der Waals surface area (Å²) in [6.45, 7) is 1.80. The molecular weight excluding hydrogens is 405 g/mol. The summed E-state index contributed by atoms with van der Waals surface area (Å²) in [7, 11) is 0. The molecule has 1 unspecified atom stereocenters. The first-order chi connectivity index (χ1) is 13.7. The second-order valence-corrected chi connectivity index (χ2v) is 7.17. The maximum atomic E-state index is 12.6. The van der Waals surface area contributed by atoms with Gasteiger partial charge in [-0.2, -0.15) is 11.8 Å². The fraction of sp³-hybridized carbons (Fsp3) is 0.300. The van der Waals surface area contributed by atoms with Gasteiger partial charge in [0.1, 0.15) is 11.8 Å². The van der Waals surface area contributed by atoms with E-state index in [0.29, 0.717) is 23.4 Å². The molecule has 0 saturated heterocycles. The van der Waals surface area contributed by atoms with Gasteiger partial charge in [0.05, 0.1) is 0 Å². The molecule has 0 aliphatic heterocycles. The molecule has 1 atom stereocenters. The number of nitrogens with one attached hydrogen (secondary N) is 2. The number of halogens is 3. The van der Waals surface area contributed by atoms with E-state index in [0.717, 1.165) is 17.7 Å². The van der Waals surface area contributed by atoms with Gasteiger partial charge in [-0.05, 0) is 61.2 Å². The third-order valence-electron chi connectivity index (χ3n) is 3.98. The third-order valence-corrected chi connectivity index (χ3v) is 4.62. The van der Waals surface area contributed by atoms with Gasteiger partial charge in [-0.15, -0.1) is 13.2 Å². The van der Waals surface area contributed by atoms with E-state index in [1.54, 1.807) is 25.1 Å². The molecule has 5 nitrogen and oxygen atoms in total. The summed E-state index contributed by atoms with van der Waals surface area (Å²) in [4.78, 5) is 25.2. The molecule has 0 aliphatic carbocycles. The van der Waals surface area contributed by atoms with Crippen LogP contribution in [0.5, 0.6) is 5.75 Å². The van der Waals surface area contributed by atoms with E-state index in [9.17, 15) is 22.8 Å². The normalized spacial score (nSPS) is 12.2. The molecule has 2 amide bonds. The average molecular weight is 426 g/mol. The Bertz CT molecular complexity index is 842. The Hall–Kier alpha value is -2.68. The number of carbonyl (C=O) groups excluding carboxylic acids is 2. The number of amides is 2. The second-order valence-electron chi connectivity index (χ2n) is 6.18.